The molecule has 25 heavy (non-hydrogen) atoms. The van der Waals surface area contributed by atoms with Gasteiger partial charge in [-0.15, -0.1) is 11.3 Å². The minimum atomic E-state index is -3.96. The third-order valence-electron chi connectivity index (χ3n) is 3.57. The average Bonchev–Trinajstić information content (AvgIpc) is 2.97. The van der Waals surface area contributed by atoms with E-state index in [1.165, 1.54) is 23.5 Å². The summed E-state index contributed by atoms with van der Waals surface area (Å²) in [6.07, 6.45) is 0. The molecule has 2 aromatic carbocycles. The standard InChI is InChI=1S/C17H14ClFN2O2S2/c1-10-3-4-12(16-9-24-11(2)20-16)7-17(10)25(22,23)21-15-6-5-13(18)8-14(15)19/h3-9,21H,1-2H3. The van der Waals surface area contributed by atoms with E-state index in [0.717, 1.165) is 11.1 Å². The van der Waals surface area contributed by atoms with Crippen LogP contribution in [0.4, 0.5) is 10.1 Å². The van der Waals surface area contributed by atoms with Gasteiger partial charge in [0.1, 0.15) is 5.82 Å². The molecule has 0 atom stereocenters. The molecule has 0 spiro atoms. The SMILES string of the molecule is Cc1nc(-c2ccc(C)c(S(=O)(=O)Nc3ccc(Cl)cc3F)c2)cs1. The molecule has 1 aromatic heterocycles. The Morgan fingerprint density at radius 2 is 1.92 bits per heavy atom. The highest BCUT2D eigenvalue weighted by atomic mass is 35.5. The van der Waals surface area contributed by atoms with Crippen molar-refractivity contribution < 1.29 is 12.8 Å². The van der Waals surface area contributed by atoms with Gasteiger partial charge in [0.25, 0.3) is 10.0 Å². The van der Waals surface area contributed by atoms with Gasteiger partial charge < -0.3 is 0 Å². The van der Waals surface area contributed by atoms with E-state index in [9.17, 15) is 12.8 Å². The maximum atomic E-state index is 13.9. The highest BCUT2D eigenvalue weighted by molar-refractivity contribution is 7.92. The zero-order valence-corrected chi connectivity index (χ0v) is 15.8. The Balaban J connectivity index is 2.01. The summed E-state index contributed by atoms with van der Waals surface area (Å²) < 4.78 is 41.6. The number of aryl methyl sites for hydroxylation is 2. The molecule has 3 aromatic rings. The topological polar surface area (TPSA) is 59.1 Å². The fraction of sp³-hybridized carbons (Fsp3) is 0.118. The molecule has 8 heteroatoms. The third-order valence-corrected chi connectivity index (χ3v) is 6.08. The Morgan fingerprint density at radius 3 is 2.56 bits per heavy atom. The van der Waals surface area contributed by atoms with Crippen molar-refractivity contribution in [3.05, 3.63) is 63.2 Å². The molecule has 0 amide bonds. The molecule has 0 fully saturated rings. The summed E-state index contributed by atoms with van der Waals surface area (Å²) in [6.45, 7) is 3.56. The minimum absolute atomic E-state index is 0.0741. The Morgan fingerprint density at radius 1 is 1.16 bits per heavy atom. The zero-order chi connectivity index (χ0) is 18.2. The van der Waals surface area contributed by atoms with Crippen LogP contribution in [-0.4, -0.2) is 13.4 Å². The van der Waals surface area contributed by atoms with E-state index < -0.39 is 15.8 Å². The molecule has 0 aliphatic heterocycles. The van der Waals surface area contributed by atoms with Gasteiger partial charge in [-0.3, -0.25) is 4.72 Å². The second kappa shape index (κ2) is 6.74. The number of benzene rings is 2. The summed E-state index contributed by atoms with van der Waals surface area (Å²) in [5, 5.41) is 2.95. The number of halogens is 2. The summed E-state index contributed by atoms with van der Waals surface area (Å²) in [5.74, 6) is -0.736. The van der Waals surface area contributed by atoms with Crippen molar-refractivity contribution in [2.45, 2.75) is 18.7 Å². The lowest BCUT2D eigenvalue weighted by molar-refractivity contribution is 0.598. The van der Waals surface area contributed by atoms with Crippen LogP contribution in [0.3, 0.4) is 0 Å². The molecule has 0 bridgehead atoms. The maximum absolute atomic E-state index is 13.9. The van der Waals surface area contributed by atoms with Crippen LogP contribution < -0.4 is 4.72 Å². The van der Waals surface area contributed by atoms with E-state index in [-0.39, 0.29) is 15.6 Å². The molecular weight excluding hydrogens is 383 g/mol. The van der Waals surface area contributed by atoms with Crippen molar-refractivity contribution in [2.75, 3.05) is 4.72 Å². The van der Waals surface area contributed by atoms with Crippen molar-refractivity contribution in [3.8, 4) is 11.3 Å². The van der Waals surface area contributed by atoms with Crippen LogP contribution >= 0.6 is 22.9 Å². The van der Waals surface area contributed by atoms with Gasteiger partial charge >= 0.3 is 0 Å². The molecule has 1 N–H and O–H groups in total. The van der Waals surface area contributed by atoms with Gasteiger partial charge in [-0.1, -0.05) is 23.7 Å². The number of anilines is 1. The van der Waals surface area contributed by atoms with E-state index >= 15 is 0 Å². The van der Waals surface area contributed by atoms with Gasteiger partial charge in [0.2, 0.25) is 0 Å². The molecule has 4 nitrogen and oxygen atoms in total. The highest BCUT2D eigenvalue weighted by Gasteiger charge is 2.20. The Labute approximate surface area is 154 Å². The maximum Gasteiger partial charge on any atom is 0.262 e. The molecule has 0 radical (unpaired) electrons. The van der Waals surface area contributed by atoms with Crippen LogP contribution in [0.15, 0.2) is 46.7 Å². The molecule has 130 valence electrons. The average molecular weight is 397 g/mol. The number of nitrogens with zero attached hydrogens (tertiary/aromatic N) is 1. The van der Waals surface area contributed by atoms with Crippen molar-refractivity contribution in [2.24, 2.45) is 0 Å². The largest absolute Gasteiger partial charge is 0.277 e. The summed E-state index contributed by atoms with van der Waals surface area (Å²) in [6, 6.07) is 8.82. The molecule has 0 unspecified atom stereocenters. The van der Waals surface area contributed by atoms with Gasteiger partial charge in [-0.05, 0) is 43.7 Å². The molecule has 1 heterocycles. The van der Waals surface area contributed by atoms with Gasteiger partial charge in [-0.25, -0.2) is 17.8 Å². The van der Waals surface area contributed by atoms with E-state index in [1.54, 1.807) is 19.1 Å². The van der Waals surface area contributed by atoms with Gasteiger partial charge in [0.15, 0.2) is 0 Å². The summed E-state index contributed by atoms with van der Waals surface area (Å²) in [4.78, 5) is 4.44. The first-order chi connectivity index (χ1) is 11.8. The van der Waals surface area contributed by atoms with Crippen LogP contribution in [-0.2, 0) is 10.0 Å². The van der Waals surface area contributed by atoms with Crippen LogP contribution in [0.2, 0.25) is 5.02 Å². The number of hydrogen-bond acceptors (Lipinski definition) is 4. The lowest BCUT2D eigenvalue weighted by Gasteiger charge is -2.12. The van der Waals surface area contributed by atoms with Gasteiger partial charge in [0.05, 0.1) is 21.3 Å². The van der Waals surface area contributed by atoms with Crippen LogP contribution in [0, 0.1) is 19.7 Å². The van der Waals surface area contributed by atoms with Crippen molar-refractivity contribution in [1.82, 2.24) is 4.98 Å². The lowest BCUT2D eigenvalue weighted by atomic mass is 10.1. The van der Waals surface area contributed by atoms with Crippen molar-refractivity contribution in [3.63, 3.8) is 0 Å². The lowest BCUT2D eigenvalue weighted by Crippen LogP contribution is -2.15. The zero-order valence-electron chi connectivity index (χ0n) is 13.4. The molecule has 0 saturated heterocycles. The first-order valence-corrected chi connectivity index (χ1v) is 10.0. The molecule has 0 saturated carbocycles. The molecule has 0 aliphatic rings. The first-order valence-electron chi connectivity index (χ1n) is 7.27. The van der Waals surface area contributed by atoms with Gasteiger partial charge in [-0.2, -0.15) is 0 Å². The monoisotopic (exact) mass is 396 g/mol. The second-order valence-corrected chi connectivity index (χ2v) is 8.61. The molecular formula is C17H14ClFN2O2S2. The van der Waals surface area contributed by atoms with Crippen LogP contribution in [0.1, 0.15) is 10.6 Å². The van der Waals surface area contributed by atoms with Crippen molar-refractivity contribution >= 4 is 38.6 Å². The molecule has 0 aliphatic carbocycles. The van der Waals surface area contributed by atoms with Crippen LogP contribution in [0.5, 0.6) is 0 Å². The number of thiazole rings is 1. The van der Waals surface area contributed by atoms with E-state index in [2.05, 4.69) is 9.71 Å². The van der Waals surface area contributed by atoms with Crippen LogP contribution in [0.25, 0.3) is 11.3 Å². The smallest absolute Gasteiger partial charge is 0.262 e. The number of rotatable bonds is 4. The van der Waals surface area contributed by atoms with Crippen molar-refractivity contribution in [1.29, 1.82) is 0 Å². The Hall–Kier alpha value is -1.96. The third kappa shape index (κ3) is 3.84. The number of nitrogens with one attached hydrogen (secondary N) is 1. The Kier molecular flexibility index (Phi) is 4.81. The summed E-state index contributed by atoms with van der Waals surface area (Å²) in [7, 11) is -3.96. The highest BCUT2D eigenvalue weighted by Crippen LogP contribution is 2.28. The number of aromatic nitrogens is 1. The predicted molar refractivity (Wildman–Crippen MR) is 99.2 cm³/mol. The van der Waals surface area contributed by atoms with Gasteiger partial charge in [0, 0.05) is 16.0 Å². The quantitative estimate of drug-likeness (QED) is 0.673. The van der Waals surface area contributed by atoms with E-state index in [1.807, 2.05) is 18.4 Å². The normalized spacial score (nSPS) is 11.5. The Bertz CT molecular complexity index is 1050. The van der Waals surface area contributed by atoms with E-state index in [4.69, 9.17) is 11.6 Å². The summed E-state index contributed by atoms with van der Waals surface area (Å²) in [5.41, 5.74) is 1.79. The predicted octanol–water partition coefficient (Wildman–Crippen LogP) is 5.02. The summed E-state index contributed by atoms with van der Waals surface area (Å²) >= 11 is 7.18. The number of sulfonamides is 1. The second-order valence-electron chi connectivity index (χ2n) is 5.46. The minimum Gasteiger partial charge on any atom is -0.277 e. The fourth-order valence-electron chi connectivity index (χ4n) is 2.32. The number of hydrogen-bond donors (Lipinski definition) is 1. The first kappa shape index (κ1) is 17.8. The molecule has 3 rings (SSSR count). The van der Waals surface area contributed by atoms with E-state index in [0.29, 0.717) is 16.8 Å². The fourth-order valence-corrected chi connectivity index (χ4v) is 4.44.